The molecule has 4 rings (SSSR count). The van der Waals surface area contributed by atoms with E-state index >= 15 is 0 Å². The first-order chi connectivity index (χ1) is 14.7. The Balaban J connectivity index is 1.85. The van der Waals surface area contributed by atoms with Crippen molar-refractivity contribution < 1.29 is 29.2 Å². The fourth-order valence-corrected chi connectivity index (χ4v) is 4.00. The molecule has 0 aliphatic carbocycles. The number of hydrogen-bond donors (Lipinski definition) is 4. The number of aliphatic carboxylic acids is 1. The van der Waals surface area contributed by atoms with Gasteiger partial charge in [-0.25, -0.2) is 18.8 Å². The van der Waals surface area contributed by atoms with Gasteiger partial charge in [-0.2, -0.15) is 0 Å². The van der Waals surface area contributed by atoms with Crippen molar-refractivity contribution in [2.24, 2.45) is 12.8 Å². The summed E-state index contributed by atoms with van der Waals surface area (Å²) < 4.78 is 24.3. The zero-order valence-corrected chi connectivity index (χ0v) is 16.8. The van der Waals surface area contributed by atoms with Crippen LogP contribution in [0.5, 0.6) is 0 Å². The first-order valence-electron chi connectivity index (χ1n) is 9.67. The van der Waals surface area contributed by atoms with Crippen LogP contribution in [-0.4, -0.2) is 75.8 Å². The van der Waals surface area contributed by atoms with Crippen molar-refractivity contribution in [1.82, 2.24) is 23.5 Å². The number of imidazole rings is 2. The van der Waals surface area contributed by atoms with Crippen molar-refractivity contribution in [3.8, 4) is 0 Å². The second kappa shape index (κ2) is 7.67. The smallest absolute Gasteiger partial charge is 0.320 e. The summed E-state index contributed by atoms with van der Waals surface area (Å²) in [6.07, 6.45) is -4.18. The van der Waals surface area contributed by atoms with Gasteiger partial charge in [-0.1, -0.05) is 0 Å². The molecule has 1 fully saturated rings. The van der Waals surface area contributed by atoms with E-state index < -0.39 is 48.8 Å². The Labute approximate surface area is 174 Å². The summed E-state index contributed by atoms with van der Waals surface area (Å²) in [7, 11) is 1.62. The lowest BCUT2D eigenvalue weighted by Gasteiger charge is -2.17. The Bertz CT molecular complexity index is 1220. The van der Waals surface area contributed by atoms with Crippen LogP contribution in [0.15, 0.2) is 11.1 Å². The van der Waals surface area contributed by atoms with E-state index in [0.717, 1.165) is 0 Å². The summed E-state index contributed by atoms with van der Waals surface area (Å²) in [5.41, 5.74) is 6.38. The van der Waals surface area contributed by atoms with Gasteiger partial charge in [0.1, 0.15) is 18.2 Å². The second-order valence-corrected chi connectivity index (χ2v) is 7.63. The minimum atomic E-state index is -1.84. The van der Waals surface area contributed by atoms with Crippen molar-refractivity contribution >= 4 is 22.9 Å². The van der Waals surface area contributed by atoms with Crippen LogP contribution in [-0.2, 0) is 23.0 Å². The molecule has 0 radical (unpaired) electrons. The molecular weight excluding hydrogens is 415 g/mol. The van der Waals surface area contributed by atoms with Gasteiger partial charge in [0.2, 0.25) is 5.78 Å². The van der Waals surface area contributed by atoms with E-state index in [1.165, 1.54) is 15.3 Å². The van der Waals surface area contributed by atoms with Crippen LogP contribution in [0.4, 0.5) is 4.39 Å². The maximum Gasteiger partial charge on any atom is 0.320 e. The van der Waals surface area contributed by atoms with E-state index in [4.69, 9.17) is 15.6 Å². The topological polar surface area (TPSA) is 170 Å². The van der Waals surface area contributed by atoms with Gasteiger partial charge < -0.3 is 25.8 Å². The predicted molar refractivity (Wildman–Crippen MR) is 104 cm³/mol. The number of carbonyl (C=O) groups is 1. The molecule has 3 aromatic rings. The SMILES string of the molecule is Cc1nc2n(C)c3c(ncn3[C@@H]3O[C@H](CO)C(O)[C@@H]3F)c(=O)n2c1CCC(N)C(=O)O. The normalized spacial score (nSPS) is 25.0. The molecule has 2 unspecified atom stereocenters. The molecule has 5 N–H and O–H groups in total. The molecule has 13 heteroatoms. The van der Waals surface area contributed by atoms with Crippen molar-refractivity contribution in [2.75, 3.05) is 6.61 Å². The molecule has 0 aromatic carbocycles. The molecule has 31 heavy (non-hydrogen) atoms. The molecule has 0 saturated carbocycles. The molecule has 0 spiro atoms. The summed E-state index contributed by atoms with van der Waals surface area (Å²) in [4.78, 5) is 32.8. The quantitative estimate of drug-likeness (QED) is 0.362. The van der Waals surface area contributed by atoms with Crippen LogP contribution in [0.1, 0.15) is 24.0 Å². The number of carboxylic acid groups (broad SMARTS) is 1. The van der Waals surface area contributed by atoms with Gasteiger partial charge in [0, 0.05) is 7.05 Å². The first-order valence-corrected chi connectivity index (χ1v) is 9.67. The van der Waals surface area contributed by atoms with Gasteiger partial charge in [0.05, 0.1) is 24.3 Å². The third-order valence-corrected chi connectivity index (χ3v) is 5.70. The van der Waals surface area contributed by atoms with E-state index in [1.54, 1.807) is 18.5 Å². The van der Waals surface area contributed by atoms with Crippen LogP contribution in [0.2, 0.25) is 0 Å². The molecule has 1 aliphatic heterocycles. The molecule has 168 valence electrons. The number of alkyl halides is 1. The molecule has 1 aliphatic rings. The molecule has 12 nitrogen and oxygen atoms in total. The standard InChI is InChI=1S/C18H23FN6O6/c1-7-9(4-3-8(20)17(29)30)25-15(28)12-14(23(2)18(25)22-7)24(6-21-12)16-11(19)13(27)10(5-26)31-16/h6,8,10-11,13,16,26-27H,3-5,20H2,1-2H3,(H,29,30)/t8?,10-,11+,13?,16-/m1/s1. The Morgan fingerprint density at radius 1 is 1.45 bits per heavy atom. The number of ether oxygens (including phenoxy) is 1. The largest absolute Gasteiger partial charge is 0.480 e. The average Bonchev–Trinajstić information content (AvgIpc) is 3.39. The lowest BCUT2D eigenvalue weighted by Crippen LogP contribution is -2.31. The van der Waals surface area contributed by atoms with E-state index in [2.05, 4.69) is 9.97 Å². The molecule has 1 saturated heterocycles. The number of hydrogen-bond acceptors (Lipinski definition) is 8. The van der Waals surface area contributed by atoms with Crippen LogP contribution >= 0.6 is 0 Å². The second-order valence-electron chi connectivity index (χ2n) is 7.63. The minimum Gasteiger partial charge on any atom is -0.480 e. The van der Waals surface area contributed by atoms with E-state index in [1.807, 2.05) is 0 Å². The molecule has 0 amide bonds. The number of halogens is 1. The van der Waals surface area contributed by atoms with E-state index in [-0.39, 0.29) is 29.8 Å². The summed E-state index contributed by atoms with van der Waals surface area (Å²) >= 11 is 0. The highest BCUT2D eigenvalue weighted by Gasteiger charge is 2.45. The van der Waals surface area contributed by atoms with Crippen LogP contribution in [0, 0.1) is 6.92 Å². The zero-order valence-electron chi connectivity index (χ0n) is 16.8. The average molecular weight is 438 g/mol. The lowest BCUT2D eigenvalue weighted by molar-refractivity contribution is -0.138. The fourth-order valence-electron chi connectivity index (χ4n) is 4.00. The summed E-state index contributed by atoms with van der Waals surface area (Å²) in [5, 5.41) is 28.2. The first kappa shape index (κ1) is 21.4. The Morgan fingerprint density at radius 2 is 2.16 bits per heavy atom. The van der Waals surface area contributed by atoms with Crippen LogP contribution in [0.25, 0.3) is 16.9 Å². The lowest BCUT2D eigenvalue weighted by atomic mass is 10.1. The van der Waals surface area contributed by atoms with Gasteiger partial charge in [0.15, 0.2) is 23.6 Å². The predicted octanol–water partition coefficient (Wildman–Crippen LogP) is -1.38. The van der Waals surface area contributed by atoms with Crippen molar-refractivity contribution in [2.45, 2.75) is 50.4 Å². The number of rotatable bonds is 6. The number of nitrogens with zero attached hydrogens (tertiary/aromatic N) is 5. The summed E-state index contributed by atoms with van der Waals surface area (Å²) in [6, 6.07) is -1.08. The Kier molecular flexibility index (Phi) is 5.29. The van der Waals surface area contributed by atoms with Crippen molar-refractivity contribution in [1.29, 1.82) is 0 Å². The molecule has 0 bridgehead atoms. The summed E-state index contributed by atoms with van der Waals surface area (Å²) in [6.45, 7) is 1.13. The maximum atomic E-state index is 14.7. The number of aryl methyl sites for hydroxylation is 3. The van der Waals surface area contributed by atoms with Gasteiger partial charge in [-0.15, -0.1) is 0 Å². The number of aliphatic hydroxyl groups excluding tert-OH is 2. The Hall–Kier alpha value is -2.87. The highest BCUT2D eigenvalue weighted by molar-refractivity contribution is 5.74. The maximum absolute atomic E-state index is 14.7. The number of nitrogens with two attached hydrogens (primary N) is 1. The van der Waals surface area contributed by atoms with Crippen LogP contribution < -0.4 is 11.3 Å². The van der Waals surface area contributed by atoms with Crippen LogP contribution in [0.3, 0.4) is 0 Å². The molecular formula is C18H23FN6O6. The summed E-state index contributed by atoms with van der Waals surface area (Å²) in [5.74, 6) is -0.885. The van der Waals surface area contributed by atoms with Gasteiger partial charge in [-0.05, 0) is 19.8 Å². The number of aromatic nitrogens is 5. The van der Waals surface area contributed by atoms with E-state index in [9.17, 15) is 24.2 Å². The highest BCUT2D eigenvalue weighted by Crippen LogP contribution is 2.33. The highest BCUT2D eigenvalue weighted by atomic mass is 19.1. The van der Waals surface area contributed by atoms with Gasteiger partial charge in [0.25, 0.3) is 5.56 Å². The minimum absolute atomic E-state index is 0.0221. The molecule has 4 heterocycles. The van der Waals surface area contributed by atoms with Crippen molar-refractivity contribution in [3.63, 3.8) is 0 Å². The van der Waals surface area contributed by atoms with Crippen molar-refractivity contribution in [3.05, 3.63) is 28.1 Å². The number of carboxylic acids is 1. The van der Waals surface area contributed by atoms with Gasteiger partial charge in [-0.3, -0.25) is 18.7 Å². The zero-order chi connectivity index (χ0) is 22.6. The third kappa shape index (κ3) is 3.20. The number of fused-ring (bicyclic) bond motifs is 2. The van der Waals surface area contributed by atoms with E-state index in [0.29, 0.717) is 11.4 Å². The Morgan fingerprint density at radius 3 is 2.77 bits per heavy atom. The molecule has 5 atom stereocenters. The molecule has 3 aromatic heterocycles. The monoisotopic (exact) mass is 438 g/mol. The van der Waals surface area contributed by atoms with Gasteiger partial charge >= 0.3 is 5.97 Å². The fraction of sp³-hybridized carbons (Fsp3) is 0.556. The third-order valence-electron chi connectivity index (χ3n) is 5.70. The number of aliphatic hydroxyl groups is 2.